The highest BCUT2D eigenvalue weighted by Crippen LogP contribution is 2.23. The number of carbonyl (C=O) groups is 2. The zero-order chi connectivity index (χ0) is 56.6. The summed E-state index contributed by atoms with van der Waals surface area (Å²) in [5, 5.41) is 54.2. The maximum absolute atomic E-state index is 13.0. The first kappa shape index (κ1) is 74.2. The summed E-state index contributed by atoms with van der Waals surface area (Å²) in [4.78, 5) is 25.0. The van der Waals surface area contributed by atoms with Gasteiger partial charge in [-0.3, -0.25) is 9.59 Å². The second-order valence-electron chi connectivity index (χ2n) is 23.5. The Labute approximate surface area is 480 Å². The quantitative estimate of drug-likeness (QED) is 0.0195. The van der Waals surface area contributed by atoms with Crippen LogP contribution in [0.1, 0.15) is 328 Å². The van der Waals surface area contributed by atoms with Gasteiger partial charge in [-0.2, -0.15) is 0 Å². The molecule has 1 heterocycles. The first-order valence-electron chi connectivity index (χ1n) is 33.6. The van der Waals surface area contributed by atoms with Gasteiger partial charge in [-0.05, 0) is 44.9 Å². The minimum Gasteiger partial charge on any atom is -0.466 e. The molecular weight excluding hydrogens is 979 g/mol. The van der Waals surface area contributed by atoms with Gasteiger partial charge in [0, 0.05) is 12.8 Å². The number of nitrogens with one attached hydrogen (secondary N) is 1. The lowest BCUT2D eigenvalue weighted by Crippen LogP contribution is -2.60. The number of aliphatic hydroxyl groups excluding tert-OH is 5. The van der Waals surface area contributed by atoms with Crippen molar-refractivity contribution in [3.8, 4) is 0 Å². The Morgan fingerprint density at radius 1 is 0.462 bits per heavy atom. The number of carbonyl (C=O) groups excluding carboxylic acids is 2. The lowest BCUT2D eigenvalue weighted by atomic mass is 9.99. The molecule has 0 bridgehead atoms. The highest BCUT2D eigenvalue weighted by Gasteiger charge is 2.44. The third-order valence-electron chi connectivity index (χ3n) is 16.1. The monoisotopic (exact) mass is 1110 g/mol. The molecule has 78 heavy (non-hydrogen) atoms. The van der Waals surface area contributed by atoms with Crippen LogP contribution in [0.25, 0.3) is 0 Å². The van der Waals surface area contributed by atoms with E-state index in [9.17, 15) is 35.1 Å². The fourth-order valence-electron chi connectivity index (χ4n) is 10.7. The van der Waals surface area contributed by atoms with Crippen LogP contribution in [0.3, 0.4) is 0 Å². The lowest BCUT2D eigenvalue weighted by molar-refractivity contribution is -0.302. The summed E-state index contributed by atoms with van der Waals surface area (Å²) >= 11 is 0. The Hall–Kier alpha value is -1.86. The Bertz CT molecular complexity index is 1350. The molecule has 0 aliphatic carbocycles. The second-order valence-corrected chi connectivity index (χ2v) is 23.5. The van der Waals surface area contributed by atoms with Crippen molar-refractivity contribution in [1.29, 1.82) is 0 Å². The number of rotatable bonds is 59. The fourth-order valence-corrected chi connectivity index (χ4v) is 10.7. The first-order valence-corrected chi connectivity index (χ1v) is 33.6. The van der Waals surface area contributed by atoms with E-state index in [1.165, 1.54) is 250 Å². The molecule has 1 fully saturated rings. The summed E-state index contributed by atoms with van der Waals surface area (Å²) in [7, 11) is 0. The molecular formula is C67H127NO10. The Morgan fingerprint density at radius 3 is 1.27 bits per heavy atom. The van der Waals surface area contributed by atoms with Gasteiger partial charge < -0.3 is 45.1 Å². The number of ether oxygens (including phenoxy) is 3. The zero-order valence-electron chi connectivity index (χ0n) is 50.9. The average molecular weight is 1110 g/mol. The summed E-state index contributed by atoms with van der Waals surface area (Å²) in [6.07, 6.45) is 60.5. The van der Waals surface area contributed by atoms with Crippen LogP contribution >= 0.6 is 0 Å². The molecule has 0 radical (unpaired) electrons. The van der Waals surface area contributed by atoms with Crippen molar-refractivity contribution in [3.05, 3.63) is 24.3 Å². The first-order chi connectivity index (χ1) is 38.2. The van der Waals surface area contributed by atoms with E-state index in [1.807, 2.05) is 6.08 Å². The summed E-state index contributed by atoms with van der Waals surface area (Å²) in [5.74, 6) is -0.178. The molecule has 11 nitrogen and oxygen atoms in total. The standard InChI is InChI=1S/C67H127NO10/c1-3-5-7-9-11-13-34-39-43-47-51-55-63(72)76-56-52-48-44-40-36-33-31-29-27-25-23-21-19-17-15-14-16-18-20-22-24-26-28-30-32-35-38-42-46-50-54-62(71)68-59(60(70)53-49-45-41-37-12-10-8-6-4-2)58-77-67-66(75)65(74)64(73)61(57-69)78-67/h12,37,49,53,59-61,64-67,69-70,73-75H,3-11,13-36,38-48,50-52,54-58H2,1-2H3,(H,68,71)/b37-12+,53-49+. The number of hydrogen-bond donors (Lipinski definition) is 6. The molecule has 1 aliphatic rings. The van der Waals surface area contributed by atoms with Gasteiger partial charge in [-0.25, -0.2) is 0 Å². The molecule has 0 aromatic heterocycles. The summed E-state index contributed by atoms with van der Waals surface area (Å²) in [5.41, 5.74) is 0. The summed E-state index contributed by atoms with van der Waals surface area (Å²) in [6.45, 7) is 4.30. The van der Waals surface area contributed by atoms with Gasteiger partial charge in [-0.1, -0.05) is 295 Å². The summed E-state index contributed by atoms with van der Waals surface area (Å²) in [6, 6.07) is -0.822. The van der Waals surface area contributed by atoms with Crippen LogP contribution in [0.15, 0.2) is 24.3 Å². The normalized spacial score (nSPS) is 18.6. The molecule has 11 heteroatoms. The Morgan fingerprint density at radius 2 is 0.833 bits per heavy atom. The molecule has 1 amide bonds. The van der Waals surface area contributed by atoms with Crippen LogP contribution < -0.4 is 5.32 Å². The molecule has 0 saturated carbocycles. The van der Waals surface area contributed by atoms with E-state index < -0.39 is 49.5 Å². The van der Waals surface area contributed by atoms with Gasteiger partial charge in [0.2, 0.25) is 5.91 Å². The highest BCUT2D eigenvalue weighted by molar-refractivity contribution is 5.76. The van der Waals surface area contributed by atoms with Crippen molar-refractivity contribution in [2.24, 2.45) is 0 Å². The number of esters is 1. The highest BCUT2D eigenvalue weighted by atomic mass is 16.7. The third-order valence-corrected chi connectivity index (χ3v) is 16.1. The number of allylic oxidation sites excluding steroid dienone is 3. The van der Waals surface area contributed by atoms with Crippen molar-refractivity contribution < 1.29 is 49.3 Å². The second kappa shape index (κ2) is 57.0. The van der Waals surface area contributed by atoms with Gasteiger partial charge in [0.15, 0.2) is 6.29 Å². The van der Waals surface area contributed by atoms with Crippen molar-refractivity contribution in [1.82, 2.24) is 5.32 Å². The van der Waals surface area contributed by atoms with E-state index in [4.69, 9.17) is 14.2 Å². The Balaban J connectivity index is 1.92. The number of amides is 1. The molecule has 7 unspecified atom stereocenters. The van der Waals surface area contributed by atoms with E-state index in [-0.39, 0.29) is 18.5 Å². The number of hydrogen-bond acceptors (Lipinski definition) is 10. The van der Waals surface area contributed by atoms with E-state index in [0.29, 0.717) is 19.4 Å². The van der Waals surface area contributed by atoms with Crippen molar-refractivity contribution in [2.75, 3.05) is 19.8 Å². The van der Waals surface area contributed by atoms with Gasteiger partial charge in [0.25, 0.3) is 0 Å². The maximum atomic E-state index is 13.0. The molecule has 0 aromatic rings. The molecule has 460 valence electrons. The number of aliphatic hydroxyl groups is 5. The summed E-state index contributed by atoms with van der Waals surface area (Å²) < 4.78 is 16.7. The molecule has 1 saturated heterocycles. The minimum atomic E-state index is -1.57. The van der Waals surface area contributed by atoms with Gasteiger partial charge in [0.05, 0.1) is 32.0 Å². The Kier molecular flexibility index (Phi) is 54.2. The zero-order valence-corrected chi connectivity index (χ0v) is 50.9. The molecule has 1 aliphatic heterocycles. The van der Waals surface area contributed by atoms with Gasteiger partial charge in [0.1, 0.15) is 24.4 Å². The van der Waals surface area contributed by atoms with Gasteiger partial charge in [-0.15, -0.1) is 0 Å². The molecule has 0 spiro atoms. The van der Waals surface area contributed by atoms with E-state index >= 15 is 0 Å². The van der Waals surface area contributed by atoms with E-state index in [1.54, 1.807) is 6.08 Å². The maximum Gasteiger partial charge on any atom is 0.305 e. The van der Waals surface area contributed by atoms with E-state index in [2.05, 4.69) is 31.3 Å². The number of unbranched alkanes of at least 4 members (excludes halogenated alkanes) is 43. The predicted molar refractivity (Wildman–Crippen MR) is 324 cm³/mol. The largest absolute Gasteiger partial charge is 0.466 e. The van der Waals surface area contributed by atoms with Crippen molar-refractivity contribution >= 4 is 11.9 Å². The van der Waals surface area contributed by atoms with Crippen LogP contribution in [0.4, 0.5) is 0 Å². The van der Waals surface area contributed by atoms with Crippen LogP contribution in [-0.4, -0.2) is 100 Å². The molecule has 1 rings (SSSR count). The molecule has 6 N–H and O–H groups in total. The van der Waals surface area contributed by atoms with Crippen LogP contribution in [0.5, 0.6) is 0 Å². The fraction of sp³-hybridized carbons (Fsp3) is 0.910. The van der Waals surface area contributed by atoms with Crippen LogP contribution in [0, 0.1) is 0 Å². The smallest absolute Gasteiger partial charge is 0.305 e. The lowest BCUT2D eigenvalue weighted by Gasteiger charge is -2.40. The average Bonchev–Trinajstić information content (AvgIpc) is 3.45. The van der Waals surface area contributed by atoms with Crippen molar-refractivity contribution in [2.45, 2.75) is 371 Å². The van der Waals surface area contributed by atoms with Crippen LogP contribution in [-0.2, 0) is 23.8 Å². The molecule has 7 atom stereocenters. The third kappa shape index (κ3) is 45.7. The van der Waals surface area contributed by atoms with Crippen molar-refractivity contribution in [3.63, 3.8) is 0 Å². The minimum absolute atomic E-state index is 0.0115. The van der Waals surface area contributed by atoms with Crippen LogP contribution in [0.2, 0.25) is 0 Å². The van der Waals surface area contributed by atoms with Gasteiger partial charge >= 0.3 is 5.97 Å². The predicted octanol–water partition coefficient (Wildman–Crippen LogP) is 16.5. The van der Waals surface area contributed by atoms with E-state index in [0.717, 1.165) is 51.4 Å². The molecule has 0 aromatic carbocycles. The SMILES string of the molecule is CCCCC/C=C/CC/C=C/C(O)C(COC1OC(CO)C(O)C(O)C1O)NC(=O)CCCCCCCCCCCCCCCCCCCCCCCCCCCCCCCCOC(=O)CCCCCCCCCCCCC. The topological polar surface area (TPSA) is 175 Å².